The number of hydrogen-bond donors (Lipinski definition) is 1. The molecule has 0 heterocycles. The predicted octanol–water partition coefficient (Wildman–Crippen LogP) is 2.41. The van der Waals surface area contributed by atoms with E-state index < -0.39 is 0 Å². The van der Waals surface area contributed by atoms with Gasteiger partial charge in [0.05, 0.1) is 5.92 Å². The van der Waals surface area contributed by atoms with Crippen LogP contribution in [0, 0.1) is 5.92 Å². The normalized spacial score (nSPS) is 12.2. The summed E-state index contributed by atoms with van der Waals surface area (Å²) < 4.78 is 0. The Kier molecular flexibility index (Phi) is 6.44. The first-order chi connectivity index (χ1) is 8.72. The summed E-state index contributed by atoms with van der Waals surface area (Å²) in [7, 11) is 0. The van der Waals surface area contributed by atoms with Gasteiger partial charge in [-0.15, -0.1) is 0 Å². The SMILES string of the molecule is CCCC(CN)C(=O)N(CC)Cc1ccccc1. The van der Waals surface area contributed by atoms with Crippen LogP contribution in [-0.2, 0) is 11.3 Å². The summed E-state index contributed by atoms with van der Waals surface area (Å²) in [5, 5.41) is 0. The van der Waals surface area contributed by atoms with E-state index in [2.05, 4.69) is 6.92 Å². The van der Waals surface area contributed by atoms with Crippen molar-refractivity contribution < 1.29 is 4.79 Å². The first-order valence-electron chi connectivity index (χ1n) is 6.75. The average Bonchev–Trinajstić information content (AvgIpc) is 2.42. The first kappa shape index (κ1) is 14.7. The van der Waals surface area contributed by atoms with Gasteiger partial charge in [-0.05, 0) is 18.9 Å². The van der Waals surface area contributed by atoms with Gasteiger partial charge < -0.3 is 10.6 Å². The number of benzene rings is 1. The minimum absolute atomic E-state index is 0.0290. The van der Waals surface area contributed by atoms with Crippen molar-refractivity contribution in [1.29, 1.82) is 0 Å². The van der Waals surface area contributed by atoms with Crippen LogP contribution >= 0.6 is 0 Å². The Morgan fingerprint density at radius 3 is 2.44 bits per heavy atom. The number of nitrogens with zero attached hydrogens (tertiary/aromatic N) is 1. The van der Waals surface area contributed by atoms with Crippen LogP contribution in [0.5, 0.6) is 0 Å². The molecule has 1 aromatic carbocycles. The van der Waals surface area contributed by atoms with Gasteiger partial charge in [-0.25, -0.2) is 0 Å². The fourth-order valence-corrected chi connectivity index (χ4v) is 2.10. The lowest BCUT2D eigenvalue weighted by Gasteiger charge is -2.25. The van der Waals surface area contributed by atoms with E-state index >= 15 is 0 Å². The van der Waals surface area contributed by atoms with E-state index in [4.69, 9.17) is 5.73 Å². The van der Waals surface area contributed by atoms with Crippen molar-refractivity contribution in [3.8, 4) is 0 Å². The van der Waals surface area contributed by atoms with Crippen LogP contribution in [0.3, 0.4) is 0 Å². The quantitative estimate of drug-likeness (QED) is 0.805. The fourth-order valence-electron chi connectivity index (χ4n) is 2.10. The number of carbonyl (C=O) groups excluding carboxylic acids is 1. The Morgan fingerprint density at radius 1 is 1.28 bits per heavy atom. The van der Waals surface area contributed by atoms with Crippen molar-refractivity contribution in [1.82, 2.24) is 4.90 Å². The van der Waals surface area contributed by atoms with Gasteiger partial charge in [-0.2, -0.15) is 0 Å². The van der Waals surface area contributed by atoms with E-state index in [1.165, 1.54) is 5.56 Å². The Labute approximate surface area is 110 Å². The molecular weight excluding hydrogens is 224 g/mol. The zero-order valence-electron chi connectivity index (χ0n) is 11.4. The third-order valence-corrected chi connectivity index (χ3v) is 3.18. The standard InChI is InChI=1S/C15H24N2O/c1-3-8-14(11-16)15(18)17(4-2)12-13-9-6-5-7-10-13/h5-7,9-10,14H,3-4,8,11-12,16H2,1-2H3. The molecule has 1 rings (SSSR count). The second-order valence-corrected chi connectivity index (χ2v) is 4.56. The number of nitrogens with two attached hydrogens (primary N) is 1. The van der Waals surface area contributed by atoms with Crippen LogP contribution in [-0.4, -0.2) is 23.9 Å². The molecule has 0 aliphatic carbocycles. The van der Waals surface area contributed by atoms with Crippen LogP contribution in [0.4, 0.5) is 0 Å². The van der Waals surface area contributed by atoms with E-state index in [-0.39, 0.29) is 11.8 Å². The van der Waals surface area contributed by atoms with Gasteiger partial charge in [-0.3, -0.25) is 4.79 Å². The lowest BCUT2D eigenvalue weighted by atomic mass is 10.0. The van der Waals surface area contributed by atoms with E-state index in [9.17, 15) is 4.79 Å². The number of hydrogen-bond acceptors (Lipinski definition) is 2. The van der Waals surface area contributed by atoms with Crippen LogP contribution < -0.4 is 5.73 Å². The minimum Gasteiger partial charge on any atom is -0.338 e. The molecule has 0 saturated carbocycles. The summed E-state index contributed by atoms with van der Waals surface area (Å²) in [6.07, 6.45) is 1.87. The van der Waals surface area contributed by atoms with Crippen molar-refractivity contribution in [2.24, 2.45) is 11.7 Å². The molecular formula is C15H24N2O. The zero-order chi connectivity index (χ0) is 13.4. The molecule has 0 aliphatic rings. The van der Waals surface area contributed by atoms with Gasteiger partial charge in [0, 0.05) is 19.6 Å². The lowest BCUT2D eigenvalue weighted by molar-refractivity contribution is -0.135. The molecule has 1 unspecified atom stereocenters. The zero-order valence-corrected chi connectivity index (χ0v) is 11.4. The van der Waals surface area contributed by atoms with Crippen LogP contribution in [0.15, 0.2) is 30.3 Å². The highest BCUT2D eigenvalue weighted by atomic mass is 16.2. The van der Waals surface area contributed by atoms with E-state index in [0.29, 0.717) is 13.1 Å². The molecule has 1 amide bonds. The summed E-state index contributed by atoms with van der Waals surface area (Å²) in [6.45, 7) is 5.95. The largest absolute Gasteiger partial charge is 0.338 e. The molecule has 0 bridgehead atoms. The van der Waals surface area contributed by atoms with Crippen LogP contribution in [0.25, 0.3) is 0 Å². The molecule has 0 fully saturated rings. The molecule has 0 saturated heterocycles. The molecule has 0 radical (unpaired) electrons. The molecule has 0 aromatic heterocycles. The van der Waals surface area contributed by atoms with Gasteiger partial charge in [0.15, 0.2) is 0 Å². The molecule has 3 nitrogen and oxygen atoms in total. The smallest absolute Gasteiger partial charge is 0.227 e. The van der Waals surface area contributed by atoms with Crippen molar-refractivity contribution in [2.75, 3.05) is 13.1 Å². The highest BCUT2D eigenvalue weighted by molar-refractivity contribution is 5.79. The highest BCUT2D eigenvalue weighted by Gasteiger charge is 2.21. The maximum atomic E-state index is 12.3. The van der Waals surface area contributed by atoms with Crippen LogP contribution in [0.1, 0.15) is 32.3 Å². The number of carbonyl (C=O) groups is 1. The van der Waals surface area contributed by atoms with Gasteiger partial charge >= 0.3 is 0 Å². The monoisotopic (exact) mass is 248 g/mol. The Morgan fingerprint density at radius 2 is 1.94 bits per heavy atom. The maximum absolute atomic E-state index is 12.3. The van der Waals surface area contributed by atoms with Gasteiger partial charge in [0.25, 0.3) is 0 Å². The molecule has 1 atom stereocenters. The topological polar surface area (TPSA) is 46.3 Å². The average molecular weight is 248 g/mol. The Bertz CT molecular complexity index is 351. The highest BCUT2D eigenvalue weighted by Crippen LogP contribution is 2.12. The van der Waals surface area contributed by atoms with Gasteiger partial charge in [-0.1, -0.05) is 43.7 Å². The van der Waals surface area contributed by atoms with E-state index in [0.717, 1.165) is 19.4 Å². The summed E-state index contributed by atoms with van der Waals surface area (Å²) in [5.41, 5.74) is 6.86. The van der Waals surface area contributed by atoms with Crippen molar-refractivity contribution in [2.45, 2.75) is 33.2 Å². The van der Waals surface area contributed by atoms with E-state index in [1.54, 1.807) is 0 Å². The fraction of sp³-hybridized carbons (Fsp3) is 0.533. The van der Waals surface area contributed by atoms with Gasteiger partial charge in [0.1, 0.15) is 0 Å². The van der Waals surface area contributed by atoms with Crippen LogP contribution in [0.2, 0.25) is 0 Å². The summed E-state index contributed by atoms with van der Waals surface area (Å²) in [5.74, 6) is 0.157. The third kappa shape index (κ3) is 4.15. The van der Waals surface area contributed by atoms with Gasteiger partial charge in [0.2, 0.25) is 5.91 Å². The van der Waals surface area contributed by atoms with Crippen molar-refractivity contribution >= 4 is 5.91 Å². The summed E-state index contributed by atoms with van der Waals surface area (Å²) >= 11 is 0. The Balaban J connectivity index is 2.67. The van der Waals surface area contributed by atoms with Crippen molar-refractivity contribution in [3.63, 3.8) is 0 Å². The number of amides is 1. The molecule has 0 spiro atoms. The molecule has 0 aliphatic heterocycles. The predicted molar refractivity (Wildman–Crippen MR) is 75.0 cm³/mol. The Hall–Kier alpha value is -1.35. The van der Waals surface area contributed by atoms with Crippen molar-refractivity contribution in [3.05, 3.63) is 35.9 Å². The summed E-state index contributed by atoms with van der Waals surface area (Å²) in [6, 6.07) is 10.1. The molecule has 100 valence electrons. The number of rotatable bonds is 7. The third-order valence-electron chi connectivity index (χ3n) is 3.18. The second-order valence-electron chi connectivity index (χ2n) is 4.56. The molecule has 2 N–H and O–H groups in total. The molecule has 3 heteroatoms. The summed E-state index contributed by atoms with van der Waals surface area (Å²) in [4.78, 5) is 14.2. The van der Waals surface area contributed by atoms with E-state index in [1.807, 2.05) is 42.2 Å². The minimum atomic E-state index is -0.0290. The molecule has 1 aromatic rings. The molecule has 18 heavy (non-hydrogen) atoms. The maximum Gasteiger partial charge on any atom is 0.227 e. The lowest BCUT2D eigenvalue weighted by Crippen LogP contribution is -2.38. The first-order valence-corrected chi connectivity index (χ1v) is 6.75. The second kappa shape index (κ2) is 7.88.